The van der Waals surface area contributed by atoms with Crippen LogP contribution in [0.15, 0.2) is 59.5 Å². The van der Waals surface area contributed by atoms with Crippen molar-refractivity contribution >= 4 is 11.8 Å². The molecule has 9 nitrogen and oxygen atoms in total. The first-order valence-corrected chi connectivity index (χ1v) is 9.30. The first kappa shape index (κ1) is 23.1. The Labute approximate surface area is 179 Å². The number of carbonyl (C=O) groups is 1. The van der Waals surface area contributed by atoms with Gasteiger partial charge in [0.2, 0.25) is 0 Å². The van der Waals surface area contributed by atoms with E-state index in [0.717, 1.165) is 0 Å². The maximum atomic E-state index is 11.9. The van der Waals surface area contributed by atoms with Crippen molar-refractivity contribution in [2.45, 2.75) is 6.92 Å². The van der Waals surface area contributed by atoms with Crippen LogP contribution in [0, 0.1) is 5.41 Å². The van der Waals surface area contributed by atoms with Gasteiger partial charge >= 0.3 is 5.97 Å². The number of methoxy groups -OCH3 is 2. The molecular weight excluding hydrogens is 400 g/mol. The number of nitrogens with one attached hydrogen (secondary N) is 2. The number of para-hydroxylation sites is 2. The van der Waals surface area contributed by atoms with E-state index in [2.05, 4.69) is 9.97 Å². The maximum absolute atomic E-state index is 11.9. The highest BCUT2D eigenvalue weighted by Crippen LogP contribution is 2.25. The Kier molecular flexibility index (Phi) is 8.32. The Balaban J connectivity index is 0.000000262. The lowest BCUT2D eigenvalue weighted by atomic mass is 10.2. The van der Waals surface area contributed by atoms with Crippen molar-refractivity contribution in [2.75, 3.05) is 20.8 Å². The summed E-state index contributed by atoms with van der Waals surface area (Å²) in [5.74, 6) is 0.898. The molecule has 0 saturated heterocycles. The fraction of sp³-hybridized carbons (Fsp3) is 0.182. The second-order valence-corrected chi connectivity index (χ2v) is 6.01. The third kappa shape index (κ3) is 5.92. The van der Waals surface area contributed by atoms with Crippen LogP contribution in [0.5, 0.6) is 11.5 Å². The Bertz CT molecular complexity index is 1110. The Morgan fingerprint density at radius 1 is 1.03 bits per heavy atom. The van der Waals surface area contributed by atoms with Gasteiger partial charge in [0.25, 0.3) is 5.56 Å². The molecule has 0 saturated carbocycles. The van der Waals surface area contributed by atoms with E-state index in [4.69, 9.17) is 25.4 Å². The summed E-state index contributed by atoms with van der Waals surface area (Å²) in [7, 11) is 3.09. The van der Waals surface area contributed by atoms with Crippen molar-refractivity contribution in [3.63, 3.8) is 0 Å². The fourth-order valence-electron chi connectivity index (χ4n) is 2.59. The molecule has 0 amide bonds. The van der Waals surface area contributed by atoms with Gasteiger partial charge in [-0.2, -0.15) is 0 Å². The molecule has 0 bridgehead atoms. The van der Waals surface area contributed by atoms with E-state index in [1.165, 1.54) is 13.3 Å². The molecule has 0 atom stereocenters. The summed E-state index contributed by atoms with van der Waals surface area (Å²) in [6.07, 6.45) is 1.21. The van der Waals surface area contributed by atoms with Gasteiger partial charge in [-0.05, 0) is 31.2 Å². The number of aromatic amines is 1. The Morgan fingerprint density at radius 3 is 2.19 bits per heavy atom. The minimum atomic E-state index is -0.687. The molecule has 31 heavy (non-hydrogen) atoms. The Morgan fingerprint density at radius 2 is 1.65 bits per heavy atom. The van der Waals surface area contributed by atoms with Crippen LogP contribution in [-0.2, 0) is 4.74 Å². The third-order valence-corrected chi connectivity index (χ3v) is 4.05. The summed E-state index contributed by atoms with van der Waals surface area (Å²) in [6, 6.07) is 14.3. The first-order valence-electron chi connectivity index (χ1n) is 9.30. The van der Waals surface area contributed by atoms with Gasteiger partial charge in [0, 0.05) is 6.20 Å². The maximum Gasteiger partial charge on any atom is 0.345 e. The normalized spacial score (nSPS) is 9.77. The summed E-state index contributed by atoms with van der Waals surface area (Å²) >= 11 is 0. The number of esters is 1. The fourth-order valence-corrected chi connectivity index (χ4v) is 2.59. The number of hydrogen-bond acceptors (Lipinski definition) is 7. The van der Waals surface area contributed by atoms with Gasteiger partial charge in [-0.1, -0.05) is 24.3 Å². The molecule has 0 aliphatic carbocycles. The molecule has 2 aromatic carbocycles. The third-order valence-electron chi connectivity index (χ3n) is 4.05. The minimum absolute atomic E-state index is 0.0300. The zero-order chi connectivity index (χ0) is 22.8. The van der Waals surface area contributed by atoms with Crippen molar-refractivity contribution in [1.82, 2.24) is 9.97 Å². The summed E-state index contributed by atoms with van der Waals surface area (Å²) in [5.41, 5.74) is 5.91. The molecular formula is C22H24N4O5. The van der Waals surface area contributed by atoms with Gasteiger partial charge in [-0.25, -0.2) is 9.78 Å². The number of ether oxygens (including phenoxy) is 3. The van der Waals surface area contributed by atoms with Gasteiger partial charge < -0.3 is 24.9 Å². The monoisotopic (exact) mass is 424 g/mol. The lowest BCUT2D eigenvalue weighted by Gasteiger charge is -2.07. The van der Waals surface area contributed by atoms with Crippen molar-refractivity contribution in [2.24, 2.45) is 5.73 Å². The lowest BCUT2D eigenvalue weighted by molar-refractivity contribution is 0.0523. The molecule has 0 fully saturated rings. The van der Waals surface area contributed by atoms with E-state index in [1.807, 2.05) is 18.2 Å². The second kappa shape index (κ2) is 11.1. The number of nitrogens with two attached hydrogens (primary N) is 1. The highest BCUT2D eigenvalue weighted by Gasteiger charge is 2.14. The van der Waals surface area contributed by atoms with Gasteiger partial charge in [0.15, 0.2) is 0 Å². The standard InChI is InChI=1S/C14H14N2O4.C8H10N2O/c1-3-20-14(18)10-8-15-12(16-13(10)17)9-6-4-5-7-11(9)19-2;1-11-7-5-3-2-4-6(7)8(9)10/h4-8H,3H2,1-2H3,(H,15,16,17);2-5H,1H3,(H3,9,10). The van der Waals surface area contributed by atoms with Gasteiger partial charge in [0.05, 0.1) is 32.0 Å². The van der Waals surface area contributed by atoms with Crippen LogP contribution in [0.3, 0.4) is 0 Å². The van der Waals surface area contributed by atoms with E-state index in [9.17, 15) is 9.59 Å². The van der Waals surface area contributed by atoms with Crippen LogP contribution in [0.2, 0.25) is 0 Å². The predicted octanol–water partition coefficient (Wildman–Crippen LogP) is 2.60. The molecule has 1 aromatic heterocycles. The zero-order valence-electron chi connectivity index (χ0n) is 17.5. The highest BCUT2D eigenvalue weighted by atomic mass is 16.5. The number of hydrogen-bond donors (Lipinski definition) is 3. The number of rotatable bonds is 6. The summed E-state index contributed by atoms with van der Waals surface area (Å²) in [6.45, 7) is 1.87. The summed E-state index contributed by atoms with van der Waals surface area (Å²) < 4.78 is 15.0. The van der Waals surface area contributed by atoms with Crippen LogP contribution in [0.25, 0.3) is 11.4 Å². The topological polar surface area (TPSA) is 140 Å². The molecule has 0 unspecified atom stereocenters. The van der Waals surface area contributed by atoms with E-state index in [0.29, 0.717) is 28.5 Å². The van der Waals surface area contributed by atoms with Crippen LogP contribution in [0.1, 0.15) is 22.8 Å². The average molecular weight is 424 g/mol. The smallest absolute Gasteiger partial charge is 0.345 e. The molecule has 3 rings (SSSR count). The average Bonchev–Trinajstić information content (AvgIpc) is 2.79. The first-order chi connectivity index (χ1) is 14.9. The number of H-pyrrole nitrogens is 1. The van der Waals surface area contributed by atoms with Crippen molar-refractivity contribution in [1.29, 1.82) is 5.41 Å². The van der Waals surface area contributed by atoms with Crippen LogP contribution in [-0.4, -0.2) is 42.6 Å². The molecule has 0 radical (unpaired) electrons. The van der Waals surface area contributed by atoms with Crippen LogP contribution >= 0.6 is 0 Å². The van der Waals surface area contributed by atoms with E-state index in [1.54, 1.807) is 44.4 Å². The number of aromatic nitrogens is 2. The number of nitrogens with zero attached hydrogens (tertiary/aromatic N) is 1. The molecule has 4 N–H and O–H groups in total. The minimum Gasteiger partial charge on any atom is -0.496 e. The quantitative estimate of drug-likeness (QED) is 0.314. The molecule has 0 spiro atoms. The van der Waals surface area contributed by atoms with E-state index in [-0.39, 0.29) is 18.0 Å². The lowest BCUT2D eigenvalue weighted by Crippen LogP contribution is -2.21. The van der Waals surface area contributed by atoms with Crippen molar-refractivity contribution in [3.05, 3.63) is 76.2 Å². The molecule has 0 aliphatic rings. The molecule has 9 heteroatoms. The predicted molar refractivity (Wildman–Crippen MR) is 117 cm³/mol. The number of carbonyl (C=O) groups excluding carboxylic acids is 1. The number of benzene rings is 2. The van der Waals surface area contributed by atoms with E-state index < -0.39 is 11.5 Å². The molecule has 1 heterocycles. The van der Waals surface area contributed by atoms with Crippen molar-refractivity contribution in [3.8, 4) is 22.9 Å². The van der Waals surface area contributed by atoms with Gasteiger partial charge in [-0.3, -0.25) is 10.2 Å². The number of amidine groups is 1. The second-order valence-electron chi connectivity index (χ2n) is 6.01. The Hall–Kier alpha value is -4.14. The SMILES string of the molecule is CCOC(=O)c1cnc(-c2ccccc2OC)[nH]c1=O.COc1ccccc1C(=N)N. The number of nitrogen functional groups attached to an aromatic ring is 1. The molecule has 0 aliphatic heterocycles. The highest BCUT2D eigenvalue weighted by molar-refractivity contribution is 5.97. The summed E-state index contributed by atoms with van der Waals surface area (Å²) in [4.78, 5) is 30.1. The van der Waals surface area contributed by atoms with E-state index >= 15 is 0 Å². The largest absolute Gasteiger partial charge is 0.496 e. The summed E-state index contributed by atoms with van der Waals surface area (Å²) in [5, 5.41) is 7.18. The molecule has 162 valence electrons. The molecule has 3 aromatic rings. The van der Waals surface area contributed by atoms with Crippen LogP contribution in [0.4, 0.5) is 0 Å². The zero-order valence-corrected chi connectivity index (χ0v) is 17.5. The van der Waals surface area contributed by atoms with Crippen LogP contribution < -0.4 is 20.8 Å². The van der Waals surface area contributed by atoms with Gasteiger partial charge in [-0.15, -0.1) is 0 Å². The van der Waals surface area contributed by atoms with Gasteiger partial charge in [0.1, 0.15) is 28.7 Å². The van der Waals surface area contributed by atoms with Crippen molar-refractivity contribution < 1.29 is 19.0 Å².